The molecule has 0 saturated carbocycles. The summed E-state index contributed by atoms with van der Waals surface area (Å²) in [4.78, 5) is 0. The van der Waals surface area contributed by atoms with Gasteiger partial charge in [-0.25, -0.2) is 0 Å². The van der Waals surface area contributed by atoms with E-state index in [9.17, 15) is 17.0 Å². The third-order valence-corrected chi connectivity index (χ3v) is 67.5. The van der Waals surface area contributed by atoms with Gasteiger partial charge in [-0.1, -0.05) is 0 Å². The number of fused-ring (bicyclic) bond motifs is 6. The Bertz CT molecular complexity index is 3470. The average Bonchev–Trinajstić information content (AvgIpc) is 3.90. The Balaban J connectivity index is 1.18. The van der Waals surface area contributed by atoms with Gasteiger partial charge in [0.05, 0.1) is 0 Å². The summed E-state index contributed by atoms with van der Waals surface area (Å²) < 4.78 is -0.248. The van der Waals surface area contributed by atoms with E-state index in [0.29, 0.717) is 0 Å². The van der Waals surface area contributed by atoms with Crippen LogP contribution in [-0.4, -0.2) is 5.92 Å². The summed E-state index contributed by atoms with van der Waals surface area (Å²) in [5.74, 6) is -1.95. The number of allylic oxidation sites excluding steroid dienone is 2. The third-order valence-electron chi connectivity index (χ3n) is 15.3. The molecule has 10 aromatic rings. The Morgan fingerprint density at radius 3 is 0.924 bits per heavy atom. The molecule has 4 heteroatoms. The zero-order chi connectivity index (χ0) is 44.9. The van der Waals surface area contributed by atoms with E-state index in [0.717, 1.165) is 0 Å². The van der Waals surface area contributed by atoms with Crippen molar-refractivity contribution in [1.82, 2.24) is 0 Å². The van der Waals surface area contributed by atoms with Gasteiger partial charge in [-0.2, -0.15) is 0 Å². The SMILES string of the molecule is CC1=Cc2c(-c3cccc4ccccc34)ccc(-c3cccc4ccccc34)c2[CH]1[Zr]([Cl])([Cl])([CH]1C(C)=Cc2c(-c3cccc4ccccc34)ccc(-c3cccc4ccccc34)c21)[SiH](C)C. The number of hydrogen-bond donors (Lipinski definition) is 0. The monoisotopic (exact) mass is 981 g/mol. The second-order valence-electron chi connectivity index (χ2n) is 19.1. The van der Waals surface area contributed by atoms with E-state index < -0.39 is 21.5 Å². The van der Waals surface area contributed by atoms with Crippen LogP contribution in [0.5, 0.6) is 0 Å². The fourth-order valence-corrected chi connectivity index (χ4v) is 45.0. The van der Waals surface area contributed by atoms with Gasteiger partial charge in [-0.15, -0.1) is 0 Å². The molecule has 10 aromatic carbocycles. The normalized spacial score (nSPS) is 16.4. The second-order valence-corrected chi connectivity index (χ2v) is 61.6. The molecule has 2 unspecified atom stereocenters. The summed E-state index contributed by atoms with van der Waals surface area (Å²) in [6, 6.07) is 71.6. The van der Waals surface area contributed by atoms with Crippen molar-refractivity contribution in [3.8, 4) is 44.5 Å². The van der Waals surface area contributed by atoms with E-state index in [4.69, 9.17) is 0 Å². The minimum atomic E-state index is -5.40. The van der Waals surface area contributed by atoms with Gasteiger partial charge in [-0.05, 0) is 0 Å². The molecule has 0 amide bonds. The zero-order valence-electron chi connectivity index (χ0n) is 37.6. The molecule has 66 heavy (non-hydrogen) atoms. The van der Waals surface area contributed by atoms with Crippen LogP contribution >= 0.6 is 17.0 Å². The topological polar surface area (TPSA) is 0 Å². The molecule has 0 radical (unpaired) electrons. The Labute approximate surface area is 396 Å². The average molecular weight is 984 g/mol. The van der Waals surface area contributed by atoms with Crippen molar-refractivity contribution in [2.45, 2.75) is 34.2 Å². The van der Waals surface area contributed by atoms with Crippen LogP contribution < -0.4 is 0 Å². The molecule has 0 nitrogen and oxygen atoms in total. The van der Waals surface area contributed by atoms with Crippen LogP contribution in [0, 0.1) is 0 Å². The number of halogens is 2. The van der Waals surface area contributed by atoms with Crippen LogP contribution in [0.15, 0.2) is 205 Å². The van der Waals surface area contributed by atoms with Gasteiger partial charge in [0.25, 0.3) is 0 Å². The Morgan fingerprint density at radius 1 is 0.333 bits per heavy atom. The fourth-order valence-electron chi connectivity index (χ4n) is 12.3. The summed E-state index contributed by atoms with van der Waals surface area (Å²) in [6.45, 7) is 9.62. The Hall–Kier alpha value is -5.60. The van der Waals surface area contributed by atoms with Crippen molar-refractivity contribution in [1.29, 1.82) is 0 Å². The predicted octanol–water partition coefficient (Wildman–Crippen LogP) is 18.6. The van der Waals surface area contributed by atoms with E-state index >= 15 is 0 Å². The van der Waals surface area contributed by atoms with Gasteiger partial charge in [0.15, 0.2) is 0 Å². The van der Waals surface area contributed by atoms with Crippen molar-refractivity contribution in [2.75, 3.05) is 0 Å². The van der Waals surface area contributed by atoms with E-state index in [-0.39, 0.29) is 7.25 Å². The van der Waals surface area contributed by atoms with Crippen molar-refractivity contribution < 1.29 is 15.6 Å². The first kappa shape index (κ1) is 41.8. The molecule has 2 aliphatic carbocycles. The first-order valence-electron chi connectivity index (χ1n) is 23.3. The van der Waals surface area contributed by atoms with Crippen LogP contribution in [0.25, 0.3) is 99.7 Å². The zero-order valence-corrected chi connectivity index (χ0v) is 42.7. The van der Waals surface area contributed by atoms with Crippen LogP contribution in [0.3, 0.4) is 0 Å². The summed E-state index contributed by atoms with van der Waals surface area (Å²) in [5, 5.41) is 9.90. The minimum absolute atomic E-state index is 0.124. The van der Waals surface area contributed by atoms with E-state index in [2.05, 4.69) is 233 Å². The molecule has 0 saturated heterocycles. The molecule has 12 rings (SSSR count). The third kappa shape index (κ3) is 6.18. The first-order valence-corrected chi connectivity index (χ1v) is 39.6. The van der Waals surface area contributed by atoms with Gasteiger partial charge in [0.2, 0.25) is 0 Å². The maximum absolute atomic E-state index is 9.28. The van der Waals surface area contributed by atoms with E-state index in [1.807, 2.05) is 0 Å². The maximum atomic E-state index is 9.28. The standard InChI is InChI=1S/2C30H21.C2H7Si.2ClH.Zr/c2*1-20-18-29-27(25-14-6-10-21-8-2-4-12-23(21)25)16-17-28(30(29)19-20)26-15-7-11-22-9-3-5-13-24(22)26;1-3-2;;;/h2*2-19H,1H3;3H,1-2H3;2*1H;/q;;;;;+2/p-2. The summed E-state index contributed by atoms with van der Waals surface area (Å²) >= 11 is -5.40. The fraction of sp³-hybridized carbons (Fsp3) is 0.0968. The van der Waals surface area contributed by atoms with Gasteiger partial charge in [-0.3, -0.25) is 0 Å². The Morgan fingerprint density at radius 2 is 0.606 bits per heavy atom. The molecule has 0 aliphatic heterocycles. The number of benzene rings is 10. The Kier molecular flexibility index (Phi) is 9.98. The molecule has 0 heterocycles. The number of hydrogen-bond acceptors (Lipinski definition) is 0. The van der Waals surface area contributed by atoms with Gasteiger partial charge < -0.3 is 0 Å². The molecule has 0 fully saturated rings. The van der Waals surface area contributed by atoms with Crippen LogP contribution in [0.4, 0.5) is 0 Å². The van der Waals surface area contributed by atoms with Crippen molar-refractivity contribution in [3.05, 3.63) is 228 Å². The summed E-state index contributed by atoms with van der Waals surface area (Å²) in [7, 11) is 18.6. The van der Waals surface area contributed by atoms with Crippen LogP contribution in [-0.2, 0) is 15.6 Å². The van der Waals surface area contributed by atoms with Crippen LogP contribution in [0.2, 0.25) is 13.1 Å². The predicted molar refractivity (Wildman–Crippen MR) is 288 cm³/mol. The summed E-state index contributed by atoms with van der Waals surface area (Å²) in [5.41, 5.74) is 17.6. The molecule has 0 N–H and O–H groups in total. The molecular formula is C62H49Cl2SiZr. The van der Waals surface area contributed by atoms with E-state index in [1.54, 1.807) is 0 Å². The molecule has 0 spiro atoms. The molecule has 2 atom stereocenters. The molecule has 319 valence electrons. The van der Waals surface area contributed by atoms with Gasteiger partial charge in [0, 0.05) is 0 Å². The van der Waals surface area contributed by atoms with Gasteiger partial charge in [0.1, 0.15) is 0 Å². The summed E-state index contributed by atoms with van der Waals surface area (Å²) in [6.07, 6.45) is 4.96. The molecular weight excluding hydrogens is 935 g/mol. The quantitative estimate of drug-likeness (QED) is 0.140. The van der Waals surface area contributed by atoms with Crippen molar-refractivity contribution in [2.24, 2.45) is 0 Å². The van der Waals surface area contributed by atoms with Crippen molar-refractivity contribution in [3.63, 3.8) is 0 Å². The van der Waals surface area contributed by atoms with E-state index in [1.165, 1.54) is 121 Å². The first-order chi connectivity index (χ1) is 32.1. The van der Waals surface area contributed by atoms with Gasteiger partial charge >= 0.3 is 400 Å². The molecule has 0 bridgehead atoms. The number of rotatable bonds is 7. The second kappa shape index (κ2) is 15.8. The van der Waals surface area contributed by atoms with Crippen molar-refractivity contribution >= 4 is 78.2 Å². The molecule has 2 aliphatic rings. The van der Waals surface area contributed by atoms with Crippen LogP contribution in [0.1, 0.15) is 43.4 Å². The molecule has 0 aromatic heterocycles.